The van der Waals surface area contributed by atoms with E-state index in [1.54, 1.807) is 27.8 Å². The van der Waals surface area contributed by atoms with E-state index in [9.17, 15) is 9.59 Å². The molecule has 0 aromatic rings. The number of rotatable bonds is 11. The predicted octanol–water partition coefficient (Wildman–Crippen LogP) is 3.84. The van der Waals surface area contributed by atoms with Crippen LogP contribution in [-0.4, -0.2) is 41.9 Å². The van der Waals surface area contributed by atoms with Crippen molar-refractivity contribution in [3.05, 3.63) is 0 Å². The third-order valence-electron chi connectivity index (χ3n) is 3.68. The van der Waals surface area contributed by atoms with Gasteiger partial charge in [0.2, 0.25) is 5.91 Å². The fourth-order valence-corrected chi connectivity index (χ4v) is 2.36. The van der Waals surface area contributed by atoms with Gasteiger partial charge in [-0.25, -0.2) is 0 Å². The first kappa shape index (κ1) is 23.4. The second kappa shape index (κ2) is 12.7. The maximum atomic E-state index is 11.9. The number of hydrogen-bond acceptors (Lipinski definition) is 4. The van der Waals surface area contributed by atoms with Crippen molar-refractivity contribution < 1.29 is 14.3 Å². The third kappa shape index (κ3) is 14.5. The largest absolute Gasteiger partial charge is 0.459 e. The van der Waals surface area contributed by atoms with Crippen LogP contribution < -0.4 is 5.32 Å². The molecule has 6 nitrogen and oxygen atoms in total. The summed E-state index contributed by atoms with van der Waals surface area (Å²) in [6, 6.07) is 0. The van der Waals surface area contributed by atoms with E-state index in [0.717, 1.165) is 19.3 Å². The van der Waals surface area contributed by atoms with Crippen molar-refractivity contribution in [3.63, 3.8) is 0 Å². The molecule has 0 aliphatic carbocycles. The molecule has 0 aromatic heterocycles. The van der Waals surface area contributed by atoms with E-state index in [4.69, 9.17) is 10.1 Å². The Morgan fingerprint density at radius 3 is 2.04 bits per heavy atom. The van der Waals surface area contributed by atoms with Gasteiger partial charge in [-0.1, -0.05) is 51.9 Å². The molecule has 0 unspecified atom stereocenters. The lowest BCUT2D eigenvalue weighted by Gasteiger charge is -2.23. The summed E-state index contributed by atoms with van der Waals surface area (Å²) in [6.07, 6.45) is 9.83. The Morgan fingerprint density at radius 2 is 1.52 bits per heavy atom. The van der Waals surface area contributed by atoms with Crippen molar-refractivity contribution in [1.82, 2.24) is 10.2 Å². The number of likely N-dealkylation sites (N-methyl/N-ethyl adjacent to an activating group) is 1. The van der Waals surface area contributed by atoms with Gasteiger partial charge in [-0.15, -0.1) is 0 Å². The van der Waals surface area contributed by atoms with Crippen LogP contribution in [0.1, 0.15) is 85.5 Å². The van der Waals surface area contributed by atoms with Crippen molar-refractivity contribution in [2.24, 2.45) is 0 Å². The van der Waals surface area contributed by atoms with Gasteiger partial charge in [0.15, 0.2) is 5.96 Å². The van der Waals surface area contributed by atoms with Crippen molar-refractivity contribution in [3.8, 4) is 0 Å². The number of hydrogen-bond donors (Lipinski definition) is 2. The van der Waals surface area contributed by atoms with Crippen LogP contribution in [0.5, 0.6) is 0 Å². The summed E-state index contributed by atoms with van der Waals surface area (Å²) in [5, 5.41) is 10.4. The number of guanidine groups is 1. The highest BCUT2D eigenvalue weighted by molar-refractivity contribution is 5.96. The summed E-state index contributed by atoms with van der Waals surface area (Å²) in [6.45, 7) is 7.53. The normalized spacial score (nSPS) is 11.1. The van der Waals surface area contributed by atoms with E-state index >= 15 is 0 Å². The molecular weight excluding hydrogens is 318 g/mol. The average Bonchev–Trinajstić information content (AvgIpc) is 2.47. The quantitative estimate of drug-likeness (QED) is 0.255. The zero-order chi connectivity index (χ0) is 19.3. The molecule has 0 bridgehead atoms. The van der Waals surface area contributed by atoms with E-state index in [1.807, 2.05) is 0 Å². The molecule has 0 radical (unpaired) electrons. The highest BCUT2D eigenvalue weighted by Crippen LogP contribution is 2.09. The summed E-state index contributed by atoms with van der Waals surface area (Å²) < 4.78 is 5.20. The molecular formula is C19H37N3O3. The molecule has 2 N–H and O–H groups in total. The monoisotopic (exact) mass is 355 g/mol. The van der Waals surface area contributed by atoms with E-state index in [-0.39, 0.29) is 18.4 Å². The Labute approximate surface area is 153 Å². The molecule has 0 aliphatic rings. The Balaban J connectivity index is 3.83. The van der Waals surface area contributed by atoms with Gasteiger partial charge in [-0.2, -0.15) is 0 Å². The fraction of sp³-hybridized carbons (Fsp3) is 0.842. The number of carbonyl (C=O) groups is 2. The predicted molar refractivity (Wildman–Crippen MR) is 102 cm³/mol. The number of nitrogens with one attached hydrogen (secondary N) is 2. The first-order valence-corrected chi connectivity index (χ1v) is 9.47. The highest BCUT2D eigenvalue weighted by Gasteiger charge is 2.19. The third-order valence-corrected chi connectivity index (χ3v) is 3.68. The Bertz CT molecular complexity index is 417. The average molecular weight is 356 g/mol. The zero-order valence-corrected chi connectivity index (χ0v) is 16.7. The van der Waals surface area contributed by atoms with Gasteiger partial charge in [0.1, 0.15) is 12.1 Å². The highest BCUT2D eigenvalue weighted by atomic mass is 16.6. The summed E-state index contributed by atoms with van der Waals surface area (Å²) in [5.74, 6) is -0.667. The smallest absolute Gasteiger partial charge is 0.326 e. The fourth-order valence-electron chi connectivity index (χ4n) is 2.36. The molecule has 0 saturated carbocycles. The van der Waals surface area contributed by atoms with Crippen molar-refractivity contribution in [1.29, 1.82) is 5.41 Å². The number of ether oxygens (including phenoxy) is 1. The topological polar surface area (TPSA) is 82.5 Å². The van der Waals surface area contributed by atoms with Crippen LogP contribution in [0.25, 0.3) is 0 Å². The molecule has 0 fully saturated rings. The maximum absolute atomic E-state index is 11.9. The molecule has 25 heavy (non-hydrogen) atoms. The zero-order valence-electron chi connectivity index (χ0n) is 16.7. The molecule has 0 saturated heterocycles. The van der Waals surface area contributed by atoms with Crippen LogP contribution in [0.2, 0.25) is 0 Å². The van der Waals surface area contributed by atoms with Gasteiger partial charge in [0.25, 0.3) is 0 Å². The molecule has 0 atom stereocenters. The SMILES string of the molecule is CCCCCCCCCCC(=O)NC(=N)N(C)CC(=O)OC(C)(C)C. The molecule has 1 amide bonds. The second-order valence-corrected chi connectivity index (χ2v) is 7.56. The van der Waals surface area contributed by atoms with E-state index in [1.165, 1.54) is 37.0 Å². The number of carbonyl (C=O) groups excluding carboxylic acids is 2. The summed E-state index contributed by atoms with van der Waals surface area (Å²) in [7, 11) is 1.59. The Hall–Kier alpha value is -1.59. The Morgan fingerprint density at radius 1 is 1.00 bits per heavy atom. The van der Waals surface area contributed by atoms with Gasteiger partial charge in [0.05, 0.1) is 0 Å². The van der Waals surface area contributed by atoms with E-state index < -0.39 is 11.6 Å². The van der Waals surface area contributed by atoms with E-state index in [0.29, 0.717) is 6.42 Å². The van der Waals surface area contributed by atoms with Gasteiger partial charge in [-0.05, 0) is 27.2 Å². The van der Waals surface area contributed by atoms with Crippen LogP contribution in [0.3, 0.4) is 0 Å². The van der Waals surface area contributed by atoms with Crippen molar-refractivity contribution in [2.45, 2.75) is 91.1 Å². The molecule has 0 rings (SSSR count). The van der Waals surface area contributed by atoms with E-state index in [2.05, 4.69) is 12.2 Å². The minimum Gasteiger partial charge on any atom is -0.459 e. The lowest BCUT2D eigenvalue weighted by Crippen LogP contribution is -2.44. The molecule has 0 heterocycles. The van der Waals surface area contributed by atoms with Crippen molar-refractivity contribution in [2.75, 3.05) is 13.6 Å². The lowest BCUT2D eigenvalue weighted by atomic mass is 10.1. The van der Waals surface area contributed by atoms with Gasteiger partial charge in [-0.3, -0.25) is 20.3 Å². The summed E-state index contributed by atoms with van der Waals surface area (Å²) >= 11 is 0. The van der Waals surface area contributed by atoms with Crippen LogP contribution in [0.4, 0.5) is 0 Å². The number of amides is 1. The van der Waals surface area contributed by atoms with Crippen LogP contribution in [0, 0.1) is 5.41 Å². The number of esters is 1. The van der Waals surface area contributed by atoms with Crippen molar-refractivity contribution >= 4 is 17.8 Å². The van der Waals surface area contributed by atoms with Crippen LogP contribution >= 0.6 is 0 Å². The molecule has 6 heteroatoms. The number of nitrogens with zero attached hydrogens (tertiary/aromatic N) is 1. The molecule has 0 spiro atoms. The summed E-state index contributed by atoms with van der Waals surface area (Å²) in [5.41, 5.74) is -0.556. The van der Waals surface area contributed by atoms with Gasteiger partial charge in [0, 0.05) is 13.5 Å². The summed E-state index contributed by atoms with van der Waals surface area (Å²) in [4.78, 5) is 25.0. The molecule has 146 valence electrons. The van der Waals surface area contributed by atoms with Crippen LogP contribution in [-0.2, 0) is 14.3 Å². The minimum absolute atomic E-state index is 0.0614. The van der Waals surface area contributed by atoms with Gasteiger partial charge < -0.3 is 9.64 Å². The Kier molecular flexibility index (Phi) is 11.9. The second-order valence-electron chi connectivity index (χ2n) is 7.56. The minimum atomic E-state index is -0.556. The standard InChI is InChI=1S/C19H37N3O3/c1-6-7-8-9-10-11-12-13-14-16(23)21-18(20)22(5)15-17(24)25-19(2,3)4/h6-15H2,1-5H3,(H2,20,21,23). The maximum Gasteiger partial charge on any atom is 0.326 e. The van der Waals surface area contributed by atoms with Crippen LogP contribution in [0.15, 0.2) is 0 Å². The lowest BCUT2D eigenvalue weighted by molar-refractivity contribution is -0.155. The number of unbranched alkanes of at least 4 members (excludes halogenated alkanes) is 7. The first-order chi connectivity index (χ1) is 11.7. The molecule has 0 aromatic carbocycles. The molecule has 0 aliphatic heterocycles. The first-order valence-electron chi connectivity index (χ1n) is 9.47. The van der Waals surface area contributed by atoms with Gasteiger partial charge >= 0.3 is 5.97 Å².